The topological polar surface area (TPSA) is 187 Å². The fourth-order valence-corrected chi connectivity index (χ4v) is 4.97. The van der Waals surface area contributed by atoms with Gasteiger partial charge in [0.1, 0.15) is 34.9 Å². The lowest BCUT2D eigenvalue weighted by Gasteiger charge is -2.28. The number of amides is 3. The summed E-state index contributed by atoms with van der Waals surface area (Å²) in [6.07, 6.45) is 5.92. The molecule has 5 atom stereocenters. The van der Waals surface area contributed by atoms with Gasteiger partial charge in [0.15, 0.2) is 0 Å². The normalized spacial score (nSPS) is 22.1. The van der Waals surface area contributed by atoms with Crippen molar-refractivity contribution < 1.29 is 52.8 Å². The van der Waals surface area contributed by atoms with Gasteiger partial charge in [0.05, 0.1) is 13.2 Å². The lowest BCUT2D eigenvalue weighted by molar-refractivity contribution is -0.149. The number of carboxylic acids is 1. The van der Waals surface area contributed by atoms with Crippen molar-refractivity contribution in [2.75, 3.05) is 13.2 Å². The van der Waals surface area contributed by atoms with Gasteiger partial charge in [0, 0.05) is 19.3 Å². The summed E-state index contributed by atoms with van der Waals surface area (Å²) in [6.45, 7) is 20.8. The third kappa shape index (κ3) is 14.3. The molecule has 0 aromatic carbocycles. The van der Waals surface area contributed by atoms with Crippen LogP contribution in [0.5, 0.6) is 0 Å². The Morgan fingerprint density at radius 2 is 1.62 bits per heavy atom. The van der Waals surface area contributed by atoms with Gasteiger partial charge < -0.3 is 34.7 Å². The fourth-order valence-electron chi connectivity index (χ4n) is 4.97. The number of alkyl carbamates (subject to hydrolysis) is 1. The SMILES string of the molecule is C=CCCCCC[C@H](NC(=O)OC(C)(C)C)C(=O)O.C=C[C@@H]1C[C@]1(NC(=O)[C@@H]1C[C@@H](OC(C)=O)CN1C(=O)OC(C)(C)C)C(=O)OCC. The molecule has 3 amide bonds. The van der Waals surface area contributed by atoms with E-state index in [2.05, 4.69) is 23.8 Å². The molecule has 2 fully saturated rings. The number of carbonyl (C=O) groups is 6. The molecule has 2 rings (SSSR count). The molecule has 48 heavy (non-hydrogen) atoms. The smallest absolute Gasteiger partial charge is 0.411 e. The quantitative estimate of drug-likeness (QED) is 0.100. The van der Waals surface area contributed by atoms with E-state index in [1.165, 1.54) is 11.8 Å². The molecule has 2 aliphatic rings. The Kier molecular flexibility index (Phi) is 16.1. The first-order chi connectivity index (χ1) is 22.2. The summed E-state index contributed by atoms with van der Waals surface area (Å²) < 4.78 is 20.7. The van der Waals surface area contributed by atoms with E-state index in [0.717, 1.165) is 25.7 Å². The number of allylic oxidation sites excluding steroid dienone is 1. The maximum Gasteiger partial charge on any atom is 0.411 e. The van der Waals surface area contributed by atoms with Gasteiger partial charge in [-0.05, 0) is 74.1 Å². The van der Waals surface area contributed by atoms with Crippen molar-refractivity contribution in [2.24, 2.45) is 5.92 Å². The second kappa shape index (κ2) is 18.4. The molecule has 1 heterocycles. The zero-order valence-corrected chi connectivity index (χ0v) is 29.7. The van der Waals surface area contributed by atoms with Gasteiger partial charge in [0.25, 0.3) is 0 Å². The molecule has 272 valence electrons. The maximum absolute atomic E-state index is 13.0. The summed E-state index contributed by atoms with van der Waals surface area (Å²) in [4.78, 5) is 73.2. The molecular weight excluding hydrogens is 626 g/mol. The van der Waals surface area contributed by atoms with Crippen molar-refractivity contribution in [3.05, 3.63) is 25.3 Å². The molecule has 0 aromatic heterocycles. The van der Waals surface area contributed by atoms with Crippen LogP contribution >= 0.6 is 0 Å². The van der Waals surface area contributed by atoms with Gasteiger partial charge in [-0.15, -0.1) is 13.2 Å². The van der Waals surface area contributed by atoms with Gasteiger partial charge in [-0.3, -0.25) is 14.5 Å². The maximum atomic E-state index is 13.0. The number of hydrogen-bond donors (Lipinski definition) is 3. The number of rotatable bonds is 14. The van der Waals surface area contributed by atoms with E-state index in [9.17, 15) is 28.8 Å². The van der Waals surface area contributed by atoms with Crippen molar-refractivity contribution in [1.29, 1.82) is 0 Å². The molecule has 14 heteroatoms. The third-order valence-corrected chi connectivity index (χ3v) is 7.20. The van der Waals surface area contributed by atoms with Crippen LogP contribution in [0, 0.1) is 5.92 Å². The van der Waals surface area contributed by atoms with Crippen LogP contribution in [0.2, 0.25) is 0 Å². The first-order valence-corrected chi connectivity index (χ1v) is 16.3. The van der Waals surface area contributed by atoms with Crippen LogP contribution in [0.3, 0.4) is 0 Å². The summed E-state index contributed by atoms with van der Waals surface area (Å²) in [5.74, 6) is -2.84. The molecule has 1 aliphatic heterocycles. The number of carboxylic acid groups (broad SMARTS) is 1. The van der Waals surface area contributed by atoms with Crippen molar-refractivity contribution in [3.63, 3.8) is 0 Å². The molecule has 3 N–H and O–H groups in total. The van der Waals surface area contributed by atoms with Crippen LogP contribution in [-0.4, -0.2) is 94.1 Å². The Balaban J connectivity index is 0.000000528. The lowest BCUT2D eigenvalue weighted by atomic mass is 10.1. The number of nitrogens with zero attached hydrogens (tertiary/aromatic N) is 1. The highest BCUT2D eigenvalue weighted by Gasteiger charge is 2.62. The number of hydrogen-bond acceptors (Lipinski definition) is 10. The summed E-state index contributed by atoms with van der Waals surface area (Å²) in [7, 11) is 0. The van der Waals surface area contributed by atoms with E-state index in [0.29, 0.717) is 12.8 Å². The van der Waals surface area contributed by atoms with Crippen LogP contribution in [0.25, 0.3) is 0 Å². The van der Waals surface area contributed by atoms with E-state index in [1.54, 1.807) is 54.5 Å². The second-order valence-corrected chi connectivity index (χ2v) is 13.8. The van der Waals surface area contributed by atoms with E-state index in [-0.39, 0.29) is 25.5 Å². The second-order valence-electron chi connectivity index (χ2n) is 13.8. The molecule has 0 radical (unpaired) electrons. The lowest BCUT2D eigenvalue weighted by Crippen LogP contribution is -2.53. The predicted octanol–water partition coefficient (Wildman–Crippen LogP) is 4.65. The zero-order chi connectivity index (χ0) is 36.9. The number of carbonyl (C=O) groups excluding carboxylic acids is 5. The first kappa shape index (κ1) is 41.9. The van der Waals surface area contributed by atoms with Crippen molar-refractivity contribution >= 4 is 36.0 Å². The van der Waals surface area contributed by atoms with E-state index in [4.69, 9.17) is 24.1 Å². The summed E-state index contributed by atoms with van der Waals surface area (Å²) in [5, 5.41) is 14.2. The van der Waals surface area contributed by atoms with Crippen molar-refractivity contribution in [3.8, 4) is 0 Å². The average Bonchev–Trinajstić information content (AvgIpc) is 3.49. The minimum Gasteiger partial charge on any atom is -0.480 e. The first-order valence-electron chi connectivity index (χ1n) is 16.3. The number of aliphatic carboxylic acids is 1. The van der Waals surface area contributed by atoms with Crippen molar-refractivity contribution in [1.82, 2.24) is 15.5 Å². The molecule has 1 aliphatic carbocycles. The summed E-state index contributed by atoms with van der Waals surface area (Å²) >= 11 is 0. The molecular formula is C34H55N3O11. The average molecular weight is 682 g/mol. The molecule has 0 bridgehead atoms. The van der Waals surface area contributed by atoms with Crippen molar-refractivity contribution in [2.45, 2.75) is 135 Å². The van der Waals surface area contributed by atoms with Gasteiger partial charge in [0.2, 0.25) is 5.91 Å². The highest BCUT2D eigenvalue weighted by Crippen LogP contribution is 2.45. The summed E-state index contributed by atoms with van der Waals surface area (Å²) in [5.41, 5.74) is -2.56. The van der Waals surface area contributed by atoms with Crippen LogP contribution in [-0.2, 0) is 38.1 Å². The highest BCUT2D eigenvalue weighted by molar-refractivity contribution is 5.95. The predicted molar refractivity (Wildman–Crippen MR) is 177 cm³/mol. The van der Waals surface area contributed by atoms with Gasteiger partial charge in [-0.2, -0.15) is 0 Å². The molecule has 1 saturated carbocycles. The highest BCUT2D eigenvalue weighted by atomic mass is 16.6. The molecule has 14 nitrogen and oxygen atoms in total. The van der Waals surface area contributed by atoms with Gasteiger partial charge in [-0.1, -0.05) is 25.0 Å². The molecule has 0 aromatic rings. The standard InChI is InChI=1S/C20H30N2O7.C14H25NO4/c1-7-13-10-20(13,17(25)27-8-2)21-16(24)15-9-14(28-12(3)23)11-22(15)18(26)29-19(4,5)6;1-5-6-7-8-9-10-11(12(16)17)15-13(18)19-14(2,3)4/h7,13-15H,1,8-11H2,2-6H3,(H,21,24);5,11H,1,6-10H2,2-4H3,(H,15,18)(H,16,17)/t13-,14-,15+,20-;11-/m10/s1. The minimum absolute atomic E-state index is 0.0316. The van der Waals surface area contributed by atoms with Crippen LogP contribution in [0.15, 0.2) is 25.3 Å². The Hall–Kier alpha value is -4.10. The van der Waals surface area contributed by atoms with Gasteiger partial charge in [-0.25, -0.2) is 19.2 Å². The number of nitrogens with one attached hydrogen (secondary N) is 2. The number of likely N-dealkylation sites (tertiary alicyclic amines) is 1. The number of unbranched alkanes of at least 4 members (excludes halogenated alkanes) is 3. The van der Waals surface area contributed by atoms with Crippen LogP contribution in [0.1, 0.15) is 100 Å². The summed E-state index contributed by atoms with van der Waals surface area (Å²) in [6, 6.07) is -1.83. The minimum atomic E-state index is -1.17. The monoisotopic (exact) mass is 681 g/mol. The van der Waals surface area contributed by atoms with E-state index >= 15 is 0 Å². The van der Waals surface area contributed by atoms with E-state index in [1.807, 2.05) is 6.08 Å². The Morgan fingerprint density at radius 1 is 1.00 bits per heavy atom. The number of ether oxygens (including phenoxy) is 4. The Labute approximate surface area is 283 Å². The molecule has 1 saturated heterocycles. The third-order valence-electron chi connectivity index (χ3n) is 7.20. The number of esters is 2. The zero-order valence-electron chi connectivity index (χ0n) is 29.7. The Bertz CT molecular complexity index is 1170. The van der Waals surface area contributed by atoms with Crippen LogP contribution < -0.4 is 10.6 Å². The van der Waals surface area contributed by atoms with E-state index < -0.39 is 70.9 Å². The fraction of sp³-hybridized carbons (Fsp3) is 0.706. The van der Waals surface area contributed by atoms with Gasteiger partial charge >= 0.3 is 30.1 Å². The largest absolute Gasteiger partial charge is 0.480 e. The van der Waals surface area contributed by atoms with Crippen LogP contribution in [0.4, 0.5) is 9.59 Å². The Morgan fingerprint density at radius 3 is 2.10 bits per heavy atom. The molecule has 0 unspecified atom stereocenters. The molecule has 0 spiro atoms.